The van der Waals surface area contributed by atoms with E-state index in [1.807, 2.05) is 11.1 Å². The maximum atomic E-state index is 12.2. The van der Waals surface area contributed by atoms with Gasteiger partial charge in [0, 0.05) is 46.0 Å². The number of rotatable bonds is 3. The number of pyridine rings is 1. The Labute approximate surface area is 169 Å². The molecular formula is C20H33N5O2S. The summed E-state index contributed by atoms with van der Waals surface area (Å²) in [6, 6.07) is 4.21. The predicted octanol–water partition coefficient (Wildman–Crippen LogP) is 2.05. The van der Waals surface area contributed by atoms with Crippen molar-refractivity contribution >= 4 is 21.6 Å². The third-order valence-electron chi connectivity index (χ3n) is 5.74. The first-order valence-corrected chi connectivity index (χ1v) is 11.9. The molecule has 0 aromatic carbocycles. The highest BCUT2D eigenvalue weighted by molar-refractivity contribution is 7.92. The van der Waals surface area contributed by atoms with Gasteiger partial charge in [0.15, 0.2) is 15.8 Å². The molecule has 0 aliphatic carbocycles. The molecule has 0 saturated carbocycles. The summed E-state index contributed by atoms with van der Waals surface area (Å²) in [7, 11) is -1.32. The lowest BCUT2D eigenvalue weighted by atomic mass is 10.2. The molecule has 3 heterocycles. The molecule has 0 unspecified atom stereocenters. The summed E-state index contributed by atoms with van der Waals surface area (Å²) in [5, 5.41) is 3.36. The number of nitrogens with zero attached hydrogens (tertiary/aromatic N) is 4. The molecule has 0 spiro atoms. The number of hydrogen-bond acceptors (Lipinski definition) is 5. The molecular weight excluding hydrogens is 374 g/mol. The molecule has 2 aliphatic rings. The fourth-order valence-electron chi connectivity index (χ4n) is 3.85. The molecule has 0 radical (unpaired) electrons. The van der Waals surface area contributed by atoms with Gasteiger partial charge in [0.2, 0.25) is 0 Å². The zero-order chi connectivity index (χ0) is 20.2. The second-order valence-corrected chi connectivity index (χ2v) is 11.1. The first-order valence-electron chi connectivity index (χ1n) is 10.2. The number of aromatic nitrogens is 1. The van der Waals surface area contributed by atoms with Crippen molar-refractivity contribution in [2.75, 3.05) is 43.9 Å². The number of nitrogens with one attached hydrogen (secondary N) is 1. The van der Waals surface area contributed by atoms with E-state index >= 15 is 0 Å². The zero-order valence-electron chi connectivity index (χ0n) is 17.3. The van der Waals surface area contributed by atoms with E-state index in [4.69, 9.17) is 0 Å². The monoisotopic (exact) mass is 407 g/mol. The van der Waals surface area contributed by atoms with E-state index in [9.17, 15) is 8.42 Å². The second-order valence-electron chi connectivity index (χ2n) is 8.33. The summed E-state index contributed by atoms with van der Waals surface area (Å²) in [5.41, 5.74) is 1.09. The van der Waals surface area contributed by atoms with Gasteiger partial charge in [-0.2, -0.15) is 0 Å². The van der Waals surface area contributed by atoms with Crippen molar-refractivity contribution in [1.29, 1.82) is 0 Å². The van der Waals surface area contributed by atoms with Gasteiger partial charge in [-0.15, -0.1) is 0 Å². The van der Waals surface area contributed by atoms with Crippen LogP contribution in [0.2, 0.25) is 0 Å². The third kappa shape index (κ3) is 4.77. The Kier molecular flexibility index (Phi) is 6.47. The van der Waals surface area contributed by atoms with Gasteiger partial charge < -0.3 is 15.1 Å². The van der Waals surface area contributed by atoms with E-state index in [0.29, 0.717) is 19.6 Å². The summed E-state index contributed by atoms with van der Waals surface area (Å²) < 4.78 is 23.7. The predicted molar refractivity (Wildman–Crippen MR) is 115 cm³/mol. The Balaban J connectivity index is 1.58. The molecule has 28 heavy (non-hydrogen) atoms. The van der Waals surface area contributed by atoms with Gasteiger partial charge in [-0.1, -0.05) is 18.9 Å². The van der Waals surface area contributed by atoms with Crippen LogP contribution >= 0.6 is 0 Å². The van der Waals surface area contributed by atoms with Crippen molar-refractivity contribution in [2.24, 2.45) is 4.99 Å². The molecule has 3 rings (SSSR count). The van der Waals surface area contributed by atoms with Crippen LogP contribution in [0.3, 0.4) is 0 Å². The lowest BCUT2D eigenvalue weighted by Gasteiger charge is -2.39. The minimum Gasteiger partial charge on any atom is -0.357 e. The number of anilines is 1. The second kappa shape index (κ2) is 8.68. The van der Waals surface area contributed by atoms with Crippen molar-refractivity contribution in [3.8, 4) is 0 Å². The van der Waals surface area contributed by atoms with Crippen LogP contribution in [0.25, 0.3) is 0 Å². The Hall–Kier alpha value is -1.83. The van der Waals surface area contributed by atoms with Gasteiger partial charge in [0.1, 0.15) is 5.82 Å². The molecule has 0 bridgehead atoms. The maximum Gasteiger partial charge on any atom is 0.193 e. The van der Waals surface area contributed by atoms with Crippen molar-refractivity contribution in [2.45, 2.75) is 50.8 Å². The first-order chi connectivity index (χ1) is 13.3. The lowest BCUT2D eigenvalue weighted by molar-refractivity contribution is 0.353. The molecule has 8 heteroatoms. The molecule has 2 aliphatic heterocycles. The van der Waals surface area contributed by atoms with Gasteiger partial charge in [-0.25, -0.2) is 13.4 Å². The van der Waals surface area contributed by atoms with E-state index < -0.39 is 14.6 Å². The van der Waals surface area contributed by atoms with Crippen molar-refractivity contribution in [3.05, 3.63) is 23.9 Å². The van der Waals surface area contributed by atoms with Gasteiger partial charge in [0.25, 0.3) is 0 Å². The number of guanidine groups is 1. The maximum absolute atomic E-state index is 12.2. The highest BCUT2D eigenvalue weighted by Crippen LogP contribution is 2.24. The van der Waals surface area contributed by atoms with Crippen molar-refractivity contribution in [1.82, 2.24) is 15.2 Å². The van der Waals surface area contributed by atoms with E-state index in [-0.39, 0.29) is 5.75 Å². The van der Waals surface area contributed by atoms with Crippen LogP contribution in [-0.2, 0) is 16.4 Å². The first kappa shape index (κ1) is 20.9. The smallest absolute Gasteiger partial charge is 0.193 e. The molecule has 7 nitrogen and oxygen atoms in total. The van der Waals surface area contributed by atoms with Gasteiger partial charge >= 0.3 is 0 Å². The largest absolute Gasteiger partial charge is 0.357 e. The summed E-state index contributed by atoms with van der Waals surface area (Å²) in [6.07, 6.45) is 7.02. The van der Waals surface area contributed by atoms with Crippen LogP contribution in [0.5, 0.6) is 0 Å². The zero-order valence-corrected chi connectivity index (χ0v) is 18.1. The average molecular weight is 408 g/mol. The van der Waals surface area contributed by atoms with E-state index in [1.165, 1.54) is 25.7 Å². The normalized spacial score (nSPS) is 22.6. The Morgan fingerprint density at radius 2 is 1.89 bits per heavy atom. The molecule has 2 fully saturated rings. The van der Waals surface area contributed by atoms with Crippen LogP contribution in [0.15, 0.2) is 23.3 Å². The highest BCUT2D eigenvalue weighted by Gasteiger charge is 2.40. The van der Waals surface area contributed by atoms with E-state index in [1.54, 1.807) is 20.9 Å². The molecule has 0 amide bonds. The number of sulfone groups is 1. The molecule has 1 aromatic rings. The summed E-state index contributed by atoms with van der Waals surface area (Å²) in [6.45, 7) is 7.28. The quantitative estimate of drug-likeness (QED) is 0.610. The van der Waals surface area contributed by atoms with Gasteiger partial charge in [-0.05, 0) is 38.3 Å². The lowest BCUT2D eigenvalue weighted by Crippen LogP contribution is -2.57. The number of aliphatic imine (C=N–C) groups is 1. The average Bonchev–Trinajstić information content (AvgIpc) is 2.95. The minimum absolute atomic E-state index is 0.160. The van der Waals surface area contributed by atoms with E-state index in [2.05, 4.69) is 32.3 Å². The summed E-state index contributed by atoms with van der Waals surface area (Å²) in [4.78, 5) is 13.4. The van der Waals surface area contributed by atoms with Crippen LogP contribution < -0.4 is 10.2 Å². The van der Waals surface area contributed by atoms with Gasteiger partial charge in [0.05, 0.1) is 10.5 Å². The topological polar surface area (TPSA) is 77.9 Å². The standard InChI is InChI=1S/C20H33N5O2S/c1-20(2)16-25(12-13-28(20,26)27)19(21-3)23-15-17-8-9-18(22-14-17)24-10-6-4-5-7-11-24/h8-9,14H,4-7,10-13,15-16H2,1-3H3,(H,21,23). The van der Waals surface area contributed by atoms with Crippen LogP contribution in [0, 0.1) is 0 Å². The van der Waals surface area contributed by atoms with Crippen LogP contribution in [0.4, 0.5) is 5.82 Å². The van der Waals surface area contributed by atoms with Crippen molar-refractivity contribution < 1.29 is 8.42 Å². The third-order valence-corrected chi connectivity index (χ3v) is 8.28. The Morgan fingerprint density at radius 3 is 2.46 bits per heavy atom. The van der Waals surface area contributed by atoms with Crippen molar-refractivity contribution in [3.63, 3.8) is 0 Å². The summed E-state index contributed by atoms with van der Waals surface area (Å²) in [5.74, 6) is 1.95. The summed E-state index contributed by atoms with van der Waals surface area (Å²) >= 11 is 0. The Morgan fingerprint density at radius 1 is 1.18 bits per heavy atom. The van der Waals surface area contributed by atoms with Crippen LogP contribution in [0.1, 0.15) is 45.1 Å². The van der Waals surface area contributed by atoms with Gasteiger partial charge in [-0.3, -0.25) is 4.99 Å². The Bertz CT molecular complexity index is 781. The molecule has 0 atom stereocenters. The number of hydrogen-bond donors (Lipinski definition) is 1. The fourth-order valence-corrected chi connectivity index (χ4v) is 5.21. The van der Waals surface area contributed by atoms with Crippen LogP contribution in [-0.4, -0.2) is 68.0 Å². The SMILES string of the molecule is CN=C(NCc1ccc(N2CCCCCC2)nc1)N1CCS(=O)(=O)C(C)(C)C1. The highest BCUT2D eigenvalue weighted by atomic mass is 32.2. The minimum atomic E-state index is -3.06. The molecule has 1 N–H and O–H groups in total. The molecule has 156 valence electrons. The molecule has 1 aromatic heterocycles. The fraction of sp³-hybridized carbons (Fsp3) is 0.700. The molecule has 2 saturated heterocycles. The van der Waals surface area contributed by atoms with E-state index in [0.717, 1.165) is 30.4 Å².